The predicted octanol–water partition coefficient (Wildman–Crippen LogP) is 2.67. The number of thioether (sulfide) groups is 1. The fourth-order valence-electron chi connectivity index (χ4n) is 1.06. The van der Waals surface area contributed by atoms with E-state index in [0.29, 0.717) is 6.54 Å². The Balaban J connectivity index is 2.51. The first-order valence-electron chi connectivity index (χ1n) is 5.04. The van der Waals surface area contributed by atoms with Crippen LogP contribution in [0.2, 0.25) is 0 Å². The third kappa shape index (κ3) is 4.14. The zero-order chi connectivity index (χ0) is 11.3. The lowest BCUT2D eigenvalue weighted by atomic mass is 10.2. The zero-order valence-electron chi connectivity index (χ0n) is 9.62. The third-order valence-electron chi connectivity index (χ3n) is 2.28. The molecule has 0 aliphatic heterocycles. The Hall–Kier alpha value is -0.670. The van der Waals surface area contributed by atoms with Crippen LogP contribution in [0.15, 0.2) is 24.3 Å². The van der Waals surface area contributed by atoms with Crippen molar-refractivity contribution >= 4 is 11.8 Å². The lowest BCUT2D eigenvalue weighted by molar-refractivity contribution is 0.414. The molecule has 0 atom stereocenters. The van der Waals surface area contributed by atoms with Crippen molar-refractivity contribution in [3.63, 3.8) is 0 Å². The number of methoxy groups -OCH3 is 1. The van der Waals surface area contributed by atoms with Crippen molar-refractivity contribution < 1.29 is 4.74 Å². The van der Waals surface area contributed by atoms with Crippen LogP contribution in [0.5, 0.6) is 5.75 Å². The van der Waals surface area contributed by atoms with Crippen molar-refractivity contribution in [2.75, 3.05) is 13.7 Å². The molecule has 3 heteroatoms. The molecule has 0 aromatic heterocycles. The zero-order valence-corrected chi connectivity index (χ0v) is 10.4. The fraction of sp³-hybridized carbons (Fsp3) is 0.500. The highest BCUT2D eigenvalue weighted by Crippen LogP contribution is 2.27. The summed E-state index contributed by atoms with van der Waals surface area (Å²) in [7, 11) is 1.68. The molecule has 0 unspecified atom stereocenters. The minimum atomic E-state index is 0.153. The van der Waals surface area contributed by atoms with Crippen molar-refractivity contribution in [1.82, 2.24) is 0 Å². The van der Waals surface area contributed by atoms with Gasteiger partial charge in [-0.1, -0.05) is 12.1 Å². The average Bonchev–Trinajstić information content (AvgIpc) is 2.27. The maximum atomic E-state index is 5.68. The van der Waals surface area contributed by atoms with Crippen molar-refractivity contribution in [2.24, 2.45) is 5.73 Å². The van der Waals surface area contributed by atoms with Gasteiger partial charge in [0.25, 0.3) is 0 Å². The van der Waals surface area contributed by atoms with Gasteiger partial charge in [0.2, 0.25) is 0 Å². The summed E-state index contributed by atoms with van der Waals surface area (Å²) in [5.74, 6) is 1.90. The van der Waals surface area contributed by atoms with E-state index in [9.17, 15) is 0 Å². The highest BCUT2D eigenvalue weighted by atomic mass is 32.2. The maximum absolute atomic E-state index is 5.68. The number of hydrogen-bond acceptors (Lipinski definition) is 3. The Kier molecular flexibility index (Phi) is 4.48. The van der Waals surface area contributed by atoms with Gasteiger partial charge in [-0.05, 0) is 31.5 Å². The summed E-state index contributed by atoms with van der Waals surface area (Å²) in [5.41, 5.74) is 6.98. The van der Waals surface area contributed by atoms with E-state index in [0.717, 1.165) is 11.5 Å². The van der Waals surface area contributed by atoms with E-state index < -0.39 is 0 Å². The molecule has 1 aromatic carbocycles. The van der Waals surface area contributed by atoms with Crippen LogP contribution in [0, 0.1) is 0 Å². The number of rotatable bonds is 5. The van der Waals surface area contributed by atoms with Crippen molar-refractivity contribution in [1.29, 1.82) is 0 Å². The summed E-state index contributed by atoms with van der Waals surface area (Å²) in [6, 6.07) is 8.17. The van der Waals surface area contributed by atoms with Gasteiger partial charge in [-0.3, -0.25) is 0 Å². The highest BCUT2D eigenvalue weighted by molar-refractivity contribution is 7.99. The molecule has 2 N–H and O–H groups in total. The molecule has 84 valence electrons. The van der Waals surface area contributed by atoms with E-state index in [2.05, 4.69) is 26.0 Å². The van der Waals surface area contributed by atoms with Crippen LogP contribution < -0.4 is 10.5 Å². The van der Waals surface area contributed by atoms with E-state index in [1.165, 1.54) is 5.56 Å². The van der Waals surface area contributed by atoms with Gasteiger partial charge in [0.1, 0.15) is 5.75 Å². The van der Waals surface area contributed by atoms with Gasteiger partial charge >= 0.3 is 0 Å². The van der Waals surface area contributed by atoms with Gasteiger partial charge < -0.3 is 10.5 Å². The van der Waals surface area contributed by atoms with Crippen LogP contribution in [-0.2, 0) is 5.75 Å². The lowest BCUT2D eigenvalue weighted by Gasteiger charge is -2.21. The minimum Gasteiger partial charge on any atom is -0.497 e. The molecule has 0 fully saturated rings. The number of hydrogen-bond donors (Lipinski definition) is 1. The SMILES string of the molecule is COc1ccc(CSC(C)(C)CN)cc1. The van der Waals surface area contributed by atoms with Gasteiger partial charge in [0.05, 0.1) is 7.11 Å². The summed E-state index contributed by atoms with van der Waals surface area (Å²) >= 11 is 1.88. The van der Waals surface area contributed by atoms with E-state index in [4.69, 9.17) is 10.5 Å². The summed E-state index contributed by atoms with van der Waals surface area (Å²) in [4.78, 5) is 0. The second-order valence-corrected chi connectivity index (χ2v) is 5.78. The van der Waals surface area contributed by atoms with Crippen molar-refractivity contribution in [3.8, 4) is 5.75 Å². The number of nitrogens with two attached hydrogens (primary N) is 1. The largest absolute Gasteiger partial charge is 0.497 e. The van der Waals surface area contributed by atoms with Crippen LogP contribution in [0.1, 0.15) is 19.4 Å². The average molecular weight is 225 g/mol. The Morgan fingerprint density at radius 3 is 2.33 bits per heavy atom. The van der Waals surface area contributed by atoms with Gasteiger partial charge in [-0.25, -0.2) is 0 Å². The normalized spacial score (nSPS) is 11.5. The van der Waals surface area contributed by atoms with E-state index in [-0.39, 0.29) is 4.75 Å². The van der Waals surface area contributed by atoms with Crippen LogP contribution in [0.4, 0.5) is 0 Å². The summed E-state index contributed by atoms with van der Waals surface area (Å²) in [6.45, 7) is 5.04. The quantitative estimate of drug-likeness (QED) is 0.836. The smallest absolute Gasteiger partial charge is 0.118 e. The van der Waals surface area contributed by atoms with Gasteiger partial charge in [-0.15, -0.1) is 11.8 Å². The molecule has 0 aliphatic rings. The highest BCUT2D eigenvalue weighted by Gasteiger charge is 2.15. The summed E-state index contributed by atoms with van der Waals surface area (Å²) in [6.07, 6.45) is 0. The fourth-order valence-corrected chi connectivity index (χ4v) is 1.93. The Morgan fingerprint density at radius 2 is 1.87 bits per heavy atom. The molecule has 2 nitrogen and oxygen atoms in total. The molecule has 0 saturated heterocycles. The molecule has 0 amide bonds. The molecule has 0 aliphatic carbocycles. The molecular weight excluding hydrogens is 206 g/mol. The Bertz CT molecular complexity index is 295. The topological polar surface area (TPSA) is 35.2 Å². The van der Waals surface area contributed by atoms with Crippen LogP contribution >= 0.6 is 11.8 Å². The lowest BCUT2D eigenvalue weighted by Crippen LogP contribution is -2.26. The van der Waals surface area contributed by atoms with Gasteiger partial charge in [0, 0.05) is 17.0 Å². The molecule has 1 aromatic rings. The summed E-state index contributed by atoms with van der Waals surface area (Å²) < 4.78 is 5.26. The second kappa shape index (κ2) is 5.42. The van der Waals surface area contributed by atoms with E-state index >= 15 is 0 Å². The third-order valence-corrected chi connectivity index (χ3v) is 3.71. The maximum Gasteiger partial charge on any atom is 0.118 e. The first-order valence-corrected chi connectivity index (χ1v) is 6.03. The summed E-state index contributed by atoms with van der Waals surface area (Å²) in [5, 5.41) is 0. The first kappa shape index (κ1) is 12.4. The minimum absolute atomic E-state index is 0.153. The van der Waals surface area contributed by atoms with Gasteiger partial charge in [0.15, 0.2) is 0 Å². The number of benzene rings is 1. The Labute approximate surface area is 96.2 Å². The van der Waals surface area contributed by atoms with E-state index in [1.54, 1.807) is 7.11 Å². The van der Waals surface area contributed by atoms with Crippen LogP contribution in [0.3, 0.4) is 0 Å². The van der Waals surface area contributed by atoms with Crippen molar-refractivity contribution in [3.05, 3.63) is 29.8 Å². The predicted molar refractivity (Wildman–Crippen MR) is 67.4 cm³/mol. The second-order valence-electron chi connectivity index (χ2n) is 4.10. The van der Waals surface area contributed by atoms with Crippen LogP contribution in [0.25, 0.3) is 0 Å². The molecule has 0 heterocycles. The molecule has 0 spiro atoms. The standard InChI is InChI=1S/C12H19NOS/c1-12(2,9-13)15-8-10-4-6-11(14-3)7-5-10/h4-7H,8-9,13H2,1-3H3. The molecule has 1 rings (SSSR count). The Morgan fingerprint density at radius 1 is 1.27 bits per heavy atom. The molecular formula is C12H19NOS. The monoisotopic (exact) mass is 225 g/mol. The molecule has 0 saturated carbocycles. The molecule has 0 radical (unpaired) electrons. The molecule has 0 bridgehead atoms. The van der Waals surface area contributed by atoms with Crippen molar-refractivity contribution in [2.45, 2.75) is 24.3 Å². The first-order chi connectivity index (χ1) is 7.07. The van der Waals surface area contributed by atoms with Crippen LogP contribution in [-0.4, -0.2) is 18.4 Å². The van der Waals surface area contributed by atoms with E-state index in [1.807, 2.05) is 23.9 Å². The molecule has 15 heavy (non-hydrogen) atoms. The van der Waals surface area contributed by atoms with Gasteiger partial charge in [-0.2, -0.15) is 0 Å². The number of ether oxygens (including phenoxy) is 1.